The number of hydrogen-bond acceptors (Lipinski definition) is 6. The van der Waals surface area contributed by atoms with Crippen LogP contribution < -0.4 is 5.32 Å². The van der Waals surface area contributed by atoms with Crippen molar-refractivity contribution in [3.05, 3.63) is 65.4 Å². The van der Waals surface area contributed by atoms with E-state index >= 15 is 0 Å². The van der Waals surface area contributed by atoms with Crippen molar-refractivity contribution in [1.29, 1.82) is 0 Å². The number of ether oxygens (including phenoxy) is 1. The third kappa shape index (κ3) is 5.59. The van der Waals surface area contributed by atoms with Gasteiger partial charge in [-0.25, -0.2) is 17.8 Å². The van der Waals surface area contributed by atoms with E-state index in [2.05, 4.69) is 10.3 Å². The maximum absolute atomic E-state index is 14.3. The molecule has 1 N–H and O–H groups in total. The molecule has 1 amide bonds. The predicted octanol–water partition coefficient (Wildman–Crippen LogP) is 3.73. The Bertz CT molecular complexity index is 1240. The first-order chi connectivity index (χ1) is 15.8. The molecular formula is C22H21ClFN3O5S. The summed E-state index contributed by atoms with van der Waals surface area (Å²) in [5.74, 6) is -0.333. The summed E-state index contributed by atoms with van der Waals surface area (Å²) in [6, 6.07) is 10.5. The molecule has 1 saturated heterocycles. The van der Waals surface area contributed by atoms with Crippen LogP contribution in [-0.4, -0.2) is 49.9 Å². The minimum Gasteiger partial charge on any atom is -0.441 e. The number of nitrogens with one attached hydrogen (secondary N) is 1. The van der Waals surface area contributed by atoms with Crippen LogP contribution >= 0.6 is 11.6 Å². The molecule has 11 heteroatoms. The standard InChI is InChI=1S/C22H21ClFN3O5S/c23-16-3-1-15(2-4-16)19-14-25-22(32-19)8-7-21(28)26-17-5-6-18(24)20(13-17)33(29,30)27-9-11-31-12-10-27/h1-6,13-14H,7-12H2,(H,26,28). The van der Waals surface area contributed by atoms with Crippen molar-refractivity contribution in [1.82, 2.24) is 9.29 Å². The zero-order chi connectivity index (χ0) is 23.4. The van der Waals surface area contributed by atoms with E-state index in [1.165, 1.54) is 10.4 Å². The molecule has 1 aliphatic heterocycles. The van der Waals surface area contributed by atoms with Crippen LogP contribution in [0.5, 0.6) is 0 Å². The lowest BCUT2D eigenvalue weighted by atomic mass is 10.2. The van der Waals surface area contributed by atoms with Gasteiger partial charge in [0.25, 0.3) is 0 Å². The number of aryl methyl sites for hydroxylation is 1. The van der Waals surface area contributed by atoms with Gasteiger partial charge >= 0.3 is 0 Å². The van der Waals surface area contributed by atoms with Crippen molar-refractivity contribution in [2.24, 2.45) is 0 Å². The monoisotopic (exact) mass is 493 g/mol. The summed E-state index contributed by atoms with van der Waals surface area (Å²) >= 11 is 5.89. The molecule has 0 bridgehead atoms. The number of aromatic nitrogens is 1. The summed E-state index contributed by atoms with van der Waals surface area (Å²) in [6.07, 6.45) is 1.85. The first-order valence-corrected chi connectivity index (χ1v) is 12.0. The second-order valence-electron chi connectivity index (χ2n) is 7.33. The van der Waals surface area contributed by atoms with Crippen LogP contribution in [0.3, 0.4) is 0 Å². The van der Waals surface area contributed by atoms with Gasteiger partial charge in [-0.15, -0.1) is 0 Å². The van der Waals surface area contributed by atoms with Gasteiger partial charge in [-0.05, 0) is 42.5 Å². The van der Waals surface area contributed by atoms with Gasteiger partial charge in [0.15, 0.2) is 11.7 Å². The Balaban J connectivity index is 1.39. The van der Waals surface area contributed by atoms with Crippen molar-refractivity contribution in [3.63, 3.8) is 0 Å². The fourth-order valence-corrected chi connectivity index (χ4v) is 4.95. The molecule has 2 aromatic carbocycles. The first-order valence-electron chi connectivity index (χ1n) is 10.2. The maximum atomic E-state index is 14.3. The average molecular weight is 494 g/mol. The highest BCUT2D eigenvalue weighted by molar-refractivity contribution is 7.89. The number of carbonyl (C=O) groups excluding carboxylic acids is 1. The lowest BCUT2D eigenvalue weighted by Crippen LogP contribution is -2.40. The van der Waals surface area contributed by atoms with E-state index in [4.69, 9.17) is 20.8 Å². The fraction of sp³-hybridized carbons (Fsp3) is 0.273. The Hall–Kier alpha value is -2.79. The summed E-state index contributed by atoms with van der Waals surface area (Å²) in [7, 11) is -4.04. The maximum Gasteiger partial charge on any atom is 0.246 e. The number of benzene rings is 2. The highest BCUT2D eigenvalue weighted by atomic mass is 35.5. The van der Waals surface area contributed by atoms with Gasteiger partial charge < -0.3 is 14.5 Å². The second-order valence-corrected chi connectivity index (χ2v) is 9.68. The number of hydrogen-bond donors (Lipinski definition) is 1. The minimum absolute atomic E-state index is 0.0451. The van der Waals surface area contributed by atoms with Crippen molar-refractivity contribution in [3.8, 4) is 11.3 Å². The summed E-state index contributed by atoms with van der Waals surface area (Å²) in [6.45, 7) is 0.786. The first kappa shape index (κ1) is 23.4. The van der Waals surface area contributed by atoms with E-state index in [0.717, 1.165) is 17.7 Å². The predicted molar refractivity (Wildman–Crippen MR) is 120 cm³/mol. The number of oxazole rings is 1. The van der Waals surface area contributed by atoms with Crippen molar-refractivity contribution in [2.75, 3.05) is 31.6 Å². The highest BCUT2D eigenvalue weighted by Gasteiger charge is 2.29. The molecule has 174 valence electrons. The molecule has 1 fully saturated rings. The minimum atomic E-state index is -4.04. The van der Waals surface area contributed by atoms with Crippen LogP contribution in [0.4, 0.5) is 10.1 Å². The molecule has 1 aromatic heterocycles. The molecule has 3 aromatic rings. The molecule has 0 aliphatic carbocycles. The van der Waals surface area contributed by atoms with E-state index in [-0.39, 0.29) is 50.7 Å². The Morgan fingerprint density at radius 2 is 1.88 bits per heavy atom. The molecule has 8 nitrogen and oxygen atoms in total. The topological polar surface area (TPSA) is 102 Å². The van der Waals surface area contributed by atoms with Crippen LogP contribution in [0.1, 0.15) is 12.3 Å². The lowest BCUT2D eigenvalue weighted by Gasteiger charge is -2.26. The van der Waals surface area contributed by atoms with Crippen LogP contribution in [0, 0.1) is 5.82 Å². The number of sulfonamides is 1. The van der Waals surface area contributed by atoms with Crippen LogP contribution in [0.2, 0.25) is 5.02 Å². The summed E-state index contributed by atoms with van der Waals surface area (Å²) < 4.78 is 51.9. The summed E-state index contributed by atoms with van der Waals surface area (Å²) in [5.41, 5.74) is 0.991. The molecule has 33 heavy (non-hydrogen) atoms. The molecule has 0 spiro atoms. The van der Waals surface area contributed by atoms with Gasteiger partial charge in [-0.1, -0.05) is 11.6 Å². The molecule has 0 atom stereocenters. The second kappa shape index (κ2) is 10.0. The molecular weight excluding hydrogens is 473 g/mol. The number of rotatable bonds is 7. The van der Waals surface area contributed by atoms with E-state index in [1.807, 2.05) is 0 Å². The molecule has 0 saturated carbocycles. The quantitative estimate of drug-likeness (QED) is 0.538. The van der Waals surface area contributed by atoms with E-state index < -0.39 is 20.7 Å². The Morgan fingerprint density at radius 3 is 2.61 bits per heavy atom. The summed E-state index contributed by atoms with van der Waals surface area (Å²) in [4.78, 5) is 16.1. The average Bonchev–Trinajstić information content (AvgIpc) is 3.29. The molecule has 0 unspecified atom stereocenters. The van der Waals surface area contributed by atoms with Gasteiger partial charge in [-0.3, -0.25) is 4.79 Å². The van der Waals surface area contributed by atoms with Crippen LogP contribution in [-0.2, 0) is 26.0 Å². The van der Waals surface area contributed by atoms with Crippen molar-refractivity contribution >= 4 is 33.2 Å². The van der Waals surface area contributed by atoms with E-state index in [9.17, 15) is 17.6 Å². The highest BCUT2D eigenvalue weighted by Crippen LogP contribution is 2.25. The summed E-state index contributed by atoms with van der Waals surface area (Å²) in [5, 5.41) is 3.21. The van der Waals surface area contributed by atoms with Gasteiger partial charge in [-0.2, -0.15) is 4.31 Å². The van der Waals surface area contributed by atoms with Crippen molar-refractivity contribution in [2.45, 2.75) is 17.7 Å². The smallest absolute Gasteiger partial charge is 0.246 e. The van der Waals surface area contributed by atoms with Gasteiger partial charge in [0.2, 0.25) is 15.9 Å². The number of morpholine rings is 1. The SMILES string of the molecule is O=C(CCc1ncc(-c2ccc(Cl)cc2)o1)Nc1ccc(F)c(S(=O)(=O)N2CCOCC2)c1. The number of carbonyl (C=O) groups is 1. The zero-order valence-corrected chi connectivity index (χ0v) is 19.0. The van der Waals surface area contributed by atoms with E-state index in [1.54, 1.807) is 30.5 Å². The molecule has 4 rings (SSSR count). The van der Waals surface area contributed by atoms with Gasteiger partial charge in [0, 0.05) is 42.2 Å². The number of halogens is 2. The van der Waals surface area contributed by atoms with Crippen LogP contribution in [0.25, 0.3) is 11.3 Å². The fourth-order valence-electron chi connectivity index (χ4n) is 3.32. The third-order valence-electron chi connectivity index (χ3n) is 5.05. The number of amides is 1. The lowest BCUT2D eigenvalue weighted by molar-refractivity contribution is -0.116. The largest absolute Gasteiger partial charge is 0.441 e. The number of nitrogens with zero attached hydrogens (tertiary/aromatic N) is 2. The molecule has 0 radical (unpaired) electrons. The van der Waals surface area contributed by atoms with E-state index in [0.29, 0.717) is 16.7 Å². The van der Waals surface area contributed by atoms with Gasteiger partial charge in [0.05, 0.1) is 19.4 Å². The van der Waals surface area contributed by atoms with Crippen molar-refractivity contribution < 1.29 is 26.8 Å². The Morgan fingerprint density at radius 1 is 1.15 bits per heavy atom. The molecule has 1 aliphatic rings. The third-order valence-corrected chi connectivity index (χ3v) is 7.22. The normalized spacial score (nSPS) is 14.8. The van der Waals surface area contributed by atoms with Gasteiger partial charge in [0.1, 0.15) is 10.7 Å². The Kier molecular flexibility index (Phi) is 7.08. The molecule has 2 heterocycles. The number of anilines is 1. The zero-order valence-electron chi connectivity index (χ0n) is 17.5. The van der Waals surface area contributed by atoms with Crippen LogP contribution in [0.15, 0.2) is 58.0 Å². The Labute approximate surface area is 195 Å².